The smallest absolute Gasteiger partial charge is 0.264 e. The minimum Gasteiger partial charge on any atom is -0.352 e. The van der Waals surface area contributed by atoms with Crippen LogP contribution in [0.4, 0.5) is 5.69 Å². The number of carbonyl (C=O) groups is 2. The van der Waals surface area contributed by atoms with Gasteiger partial charge in [0.2, 0.25) is 11.8 Å². The highest BCUT2D eigenvalue weighted by atomic mass is 35.5. The van der Waals surface area contributed by atoms with E-state index in [2.05, 4.69) is 5.32 Å². The predicted octanol–water partition coefficient (Wildman–Crippen LogP) is 6.17. The van der Waals surface area contributed by atoms with Gasteiger partial charge in [0.25, 0.3) is 10.0 Å². The van der Waals surface area contributed by atoms with Crippen molar-refractivity contribution in [1.29, 1.82) is 0 Å². The Balaban J connectivity index is 2.03. The fourth-order valence-electron chi connectivity index (χ4n) is 3.74. The Morgan fingerprint density at radius 3 is 2.10 bits per heavy atom. The van der Waals surface area contributed by atoms with Crippen LogP contribution in [0, 0.1) is 0 Å². The fraction of sp³-hybridized carbons (Fsp3) is 0.286. The van der Waals surface area contributed by atoms with Gasteiger partial charge in [0.1, 0.15) is 12.6 Å². The number of sulfonamides is 1. The summed E-state index contributed by atoms with van der Waals surface area (Å²) < 4.78 is 28.5. The van der Waals surface area contributed by atoms with Crippen molar-refractivity contribution in [1.82, 2.24) is 10.2 Å². The second-order valence-electron chi connectivity index (χ2n) is 9.05. The molecule has 0 unspecified atom stereocenters. The van der Waals surface area contributed by atoms with Gasteiger partial charge >= 0.3 is 0 Å². The van der Waals surface area contributed by atoms with Crippen molar-refractivity contribution < 1.29 is 18.0 Å². The summed E-state index contributed by atoms with van der Waals surface area (Å²) in [5, 5.41) is 4.05. The van der Waals surface area contributed by atoms with Gasteiger partial charge in [-0.2, -0.15) is 0 Å². The molecule has 7 nitrogen and oxygen atoms in total. The lowest BCUT2D eigenvalue weighted by molar-refractivity contribution is -0.139. The average Bonchev–Trinajstić information content (AvgIpc) is 2.91. The molecule has 0 aromatic heterocycles. The molecular formula is C28H30Cl3N3O4S. The summed E-state index contributed by atoms with van der Waals surface area (Å²) >= 11 is 18.5. The van der Waals surface area contributed by atoms with E-state index in [1.54, 1.807) is 55.5 Å². The van der Waals surface area contributed by atoms with Gasteiger partial charge in [0.05, 0.1) is 10.6 Å². The molecule has 0 saturated carbocycles. The highest BCUT2D eigenvalue weighted by Crippen LogP contribution is 2.27. The lowest BCUT2D eigenvalue weighted by atomic mass is 10.1. The number of hydrogen-bond donors (Lipinski definition) is 1. The zero-order valence-electron chi connectivity index (χ0n) is 21.8. The second kappa shape index (κ2) is 13.5. The number of amides is 2. The minimum absolute atomic E-state index is 0.0163. The van der Waals surface area contributed by atoms with Gasteiger partial charge in [-0.15, -0.1) is 0 Å². The van der Waals surface area contributed by atoms with Gasteiger partial charge in [0, 0.05) is 27.7 Å². The second-order valence-corrected chi connectivity index (χ2v) is 12.2. The molecular weight excluding hydrogens is 581 g/mol. The van der Waals surface area contributed by atoms with Crippen molar-refractivity contribution in [3.63, 3.8) is 0 Å². The number of halogens is 3. The number of rotatable bonds is 11. The Morgan fingerprint density at radius 2 is 1.51 bits per heavy atom. The first-order valence-corrected chi connectivity index (χ1v) is 14.9. The molecule has 39 heavy (non-hydrogen) atoms. The first-order chi connectivity index (χ1) is 18.4. The van der Waals surface area contributed by atoms with Gasteiger partial charge in [-0.05, 0) is 74.4 Å². The maximum Gasteiger partial charge on any atom is 0.264 e. The minimum atomic E-state index is -4.15. The molecule has 2 atom stereocenters. The SMILES string of the molecule is CC[C@H](C)NC(=O)[C@@H](C)N(Cc1ccc(Cl)cc1Cl)C(=O)CN(c1ccc(Cl)cc1)S(=O)(=O)c1ccccc1. The van der Waals surface area contributed by atoms with Crippen LogP contribution in [-0.4, -0.2) is 43.8 Å². The summed E-state index contributed by atoms with van der Waals surface area (Å²) in [7, 11) is -4.15. The van der Waals surface area contributed by atoms with E-state index < -0.39 is 28.5 Å². The monoisotopic (exact) mass is 609 g/mol. The van der Waals surface area contributed by atoms with Crippen LogP contribution in [0.25, 0.3) is 0 Å². The number of nitrogens with one attached hydrogen (secondary N) is 1. The molecule has 0 heterocycles. The maximum absolute atomic E-state index is 13.9. The van der Waals surface area contributed by atoms with Gasteiger partial charge in [-0.25, -0.2) is 8.42 Å². The lowest BCUT2D eigenvalue weighted by Gasteiger charge is -2.32. The molecule has 0 spiro atoms. The largest absolute Gasteiger partial charge is 0.352 e. The van der Waals surface area contributed by atoms with E-state index in [0.717, 1.165) is 4.31 Å². The van der Waals surface area contributed by atoms with Crippen LogP contribution in [0.15, 0.2) is 77.7 Å². The lowest BCUT2D eigenvalue weighted by Crippen LogP contribution is -2.52. The van der Waals surface area contributed by atoms with Crippen molar-refractivity contribution in [3.8, 4) is 0 Å². The van der Waals surface area contributed by atoms with E-state index in [4.69, 9.17) is 34.8 Å². The zero-order chi connectivity index (χ0) is 28.7. The molecule has 0 aliphatic rings. The molecule has 2 amide bonds. The quantitative estimate of drug-likeness (QED) is 0.281. The first kappa shape index (κ1) is 30.8. The standard InChI is InChI=1S/C28H30Cl3N3O4S/c1-4-19(2)32-28(36)20(3)33(17-21-10-11-23(30)16-26(21)31)27(35)18-34(24-14-12-22(29)13-15-24)39(37,38)25-8-6-5-7-9-25/h5-16,19-20H,4,17-18H2,1-3H3,(H,32,36)/t19-,20+/m0/s1. The maximum atomic E-state index is 13.9. The number of anilines is 1. The van der Waals surface area contributed by atoms with Crippen molar-refractivity contribution in [3.05, 3.63) is 93.4 Å². The molecule has 0 aliphatic carbocycles. The molecule has 208 valence electrons. The van der Waals surface area contributed by atoms with Crippen molar-refractivity contribution >= 4 is 62.3 Å². The Bertz CT molecular complexity index is 1400. The van der Waals surface area contributed by atoms with Crippen molar-refractivity contribution in [2.24, 2.45) is 0 Å². The van der Waals surface area contributed by atoms with E-state index in [-0.39, 0.29) is 29.1 Å². The molecule has 0 fully saturated rings. The number of hydrogen-bond acceptors (Lipinski definition) is 4. The van der Waals surface area contributed by atoms with Crippen LogP contribution in [0.5, 0.6) is 0 Å². The van der Waals surface area contributed by atoms with Gasteiger partial charge in [-0.3, -0.25) is 13.9 Å². The topological polar surface area (TPSA) is 86.8 Å². The number of benzene rings is 3. The van der Waals surface area contributed by atoms with E-state index in [0.29, 0.717) is 27.1 Å². The van der Waals surface area contributed by atoms with E-state index >= 15 is 0 Å². The van der Waals surface area contributed by atoms with Crippen LogP contribution < -0.4 is 9.62 Å². The molecule has 0 radical (unpaired) electrons. The molecule has 0 bridgehead atoms. The fourth-order valence-corrected chi connectivity index (χ4v) is 5.77. The summed E-state index contributed by atoms with van der Waals surface area (Å²) in [4.78, 5) is 28.3. The number of nitrogens with zero attached hydrogens (tertiary/aromatic N) is 2. The molecule has 3 aromatic carbocycles. The molecule has 11 heteroatoms. The average molecular weight is 611 g/mol. The normalized spacial score (nSPS) is 12.9. The van der Waals surface area contributed by atoms with E-state index in [1.807, 2.05) is 13.8 Å². The van der Waals surface area contributed by atoms with Crippen LogP contribution >= 0.6 is 34.8 Å². The molecule has 3 aromatic rings. The van der Waals surface area contributed by atoms with E-state index in [1.165, 1.54) is 29.2 Å². The first-order valence-electron chi connectivity index (χ1n) is 12.3. The Morgan fingerprint density at radius 1 is 0.897 bits per heavy atom. The summed E-state index contributed by atoms with van der Waals surface area (Å²) in [6.07, 6.45) is 0.703. The summed E-state index contributed by atoms with van der Waals surface area (Å²) in [6, 6.07) is 17.8. The van der Waals surface area contributed by atoms with Gasteiger partial charge in [0.15, 0.2) is 0 Å². The molecule has 1 N–H and O–H groups in total. The van der Waals surface area contributed by atoms with Crippen molar-refractivity contribution in [2.75, 3.05) is 10.8 Å². The Kier molecular flexibility index (Phi) is 10.7. The van der Waals surface area contributed by atoms with Crippen LogP contribution in [0.3, 0.4) is 0 Å². The Hall–Kier alpha value is -2.78. The third kappa shape index (κ3) is 7.88. The van der Waals surface area contributed by atoms with Gasteiger partial charge in [-0.1, -0.05) is 66.0 Å². The molecule has 0 aliphatic heterocycles. The summed E-state index contributed by atoms with van der Waals surface area (Å²) in [5.74, 6) is -0.964. The third-order valence-corrected chi connectivity index (χ3v) is 8.88. The van der Waals surface area contributed by atoms with Crippen LogP contribution in [-0.2, 0) is 26.2 Å². The van der Waals surface area contributed by atoms with Gasteiger partial charge < -0.3 is 10.2 Å². The number of carbonyl (C=O) groups excluding carboxylic acids is 2. The zero-order valence-corrected chi connectivity index (χ0v) is 24.9. The summed E-state index contributed by atoms with van der Waals surface area (Å²) in [5.41, 5.74) is 0.805. The van der Waals surface area contributed by atoms with Crippen LogP contribution in [0.1, 0.15) is 32.8 Å². The molecule has 3 rings (SSSR count). The van der Waals surface area contributed by atoms with E-state index in [9.17, 15) is 18.0 Å². The highest BCUT2D eigenvalue weighted by Gasteiger charge is 2.33. The van der Waals surface area contributed by atoms with Crippen LogP contribution in [0.2, 0.25) is 15.1 Å². The van der Waals surface area contributed by atoms with Crippen molar-refractivity contribution in [2.45, 2.75) is 50.7 Å². The third-order valence-electron chi connectivity index (χ3n) is 6.25. The highest BCUT2D eigenvalue weighted by molar-refractivity contribution is 7.92. The molecule has 0 saturated heterocycles. The summed E-state index contributed by atoms with van der Waals surface area (Å²) in [6.45, 7) is 4.79. The predicted molar refractivity (Wildman–Crippen MR) is 157 cm³/mol. The Labute approximate surface area is 244 Å².